The van der Waals surface area contributed by atoms with Gasteiger partial charge >= 0.3 is 11.9 Å². The van der Waals surface area contributed by atoms with Crippen molar-refractivity contribution in [3.05, 3.63) is 0 Å². The van der Waals surface area contributed by atoms with Crippen LogP contribution in [0.2, 0.25) is 0 Å². The van der Waals surface area contributed by atoms with Gasteiger partial charge in [0.05, 0.1) is 6.42 Å². The lowest BCUT2D eigenvalue weighted by atomic mass is 10.2. The van der Waals surface area contributed by atoms with E-state index in [-0.39, 0.29) is 24.6 Å². The van der Waals surface area contributed by atoms with E-state index in [0.717, 1.165) is 6.42 Å². The third kappa shape index (κ3) is 2.53. The highest BCUT2D eigenvalue weighted by atomic mass is 16.6. The Kier molecular flexibility index (Phi) is 3.08. The fraction of sp³-hybridized carbons (Fsp3) is 0.750. The first-order valence-electron chi connectivity index (χ1n) is 4.07. The molecule has 0 aromatic rings. The second-order valence-electron chi connectivity index (χ2n) is 2.75. The van der Waals surface area contributed by atoms with Gasteiger partial charge in [-0.25, -0.2) is 0 Å². The molecule has 4 nitrogen and oxygen atoms in total. The van der Waals surface area contributed by atoms with Gasteiger partial charge in [0.15, 0.2) is 0 Å². The quantitative estimate of drug-likeness (QED) is 0.584. The summed E-state index contributed by atoms with van der Waals surface area (Å²) in [6.07, 6.45) is 1.39. The molecule has 1 atom stereocenters. The van der Waals surface area contributed by atoms with Crippen LogP contribution in [0, 0.1) is 0 Å². The Bertz CT molecular complexity index is 179. The molecular formula is C8H12O4. The van der Waals surface area contributed by atoms with Crippen LogP contribution in [0.3, 0.4) is 0 Å². The molecule has 68 valence electrons. The van der Waals surface area contributed by atoms with Crippen LogP contribution in [0.4, 0.5) is 0 Å². The minimum absolute atomic E-state index is 0.196. The molecule has 0 radical (unpaired) electrons. The Hall–Kier alpha value is -1.06. The Morgan fingerprint density at radius 2 is 2.42 bits per heavy atom. The maximum Gasteiger partial charge on any atom is 0.310 e. The fourth-order valence-electron chi connectivity index (χ4n) is 0.917. The molecule has 0 aromatic carbocycles. The van der Waals surface area contributed by atoms with Crippen molar-refractivity contribution < 1.29 is 19.1 Å². The first kappa shape index (κ1) is 9.03. The summed E-state index contributed by atoms with van der Waals surface area (Å²) in [5, 5.41) is 0. The number of ether oxygens (including phenoxy) is 2. The first-order chi connectivity index (χ1) is 5.72. The normalized spacial score (nSPS) is 21.1. The minimum Gasteiger partial charge on any atom is -0.462 e. The maximum absolute atomic E-state index is 10.8. The number of carbonyl (C=O) groups excluding carboxylic acids is 2. The minimum atomic E-state index is -0.222. The van der Waals surface area contributed by atoms with Crippen molar-refractivity contribution in [3.8, 4) is 0 Å². The van der Waals surface area contributed by atoms with Gasteiger partial charge in [0, 0.05) is 6.42 Å². The van der Waals surface area contributed by atoms with Gasteiger partial charge in [-0.15, -0.1) is 0 Å². The fourth-order valence-corrected chi connectivity index (χ4v) is 0.917. The molecule has 0 saturated carbocycles. The van der Waals surface area contributed by atoms with Gasteiger partial charge in [-0.3, -0.25) is 9.59 Å². The summed E-state index contributed by atoms with van der Waals surface area (Å²) < 4.78 is 9.47. The van der Waals surface area contributed by atoms with Crippen molar-refractivity contribution in [1.82, 2.24) is 0 Å². The first-order valence-corrected chi connectivity index (χ1v) is 4.07. The number of esters is 2. The van der Waals surface area contributed by atoms with E-state index >= 15 is 0 Å². The van der Waals surface area contributed by atoms with Crippen molar-refractivity contribution in [2.24, 2.45) is 0 Å². The van der Waals surface area contributed by atoms with E-state index in [1.807, 2.05) is 6.92 Å². The molecule has 1 aliphatic rings. The summed E-state index contributed by atoms with van der Waals surface area (Å²) in [5.41, 5.74) is 0. The van der Waals surface area contributed by atoms with E-state index in [1.165, 1.54) is 0 Å². The highest BCUT2D eigenvalue weighted by Crippen LogP contribution is 2.13. The van der Waals surface area contributed by atoms with Crippen LogP contribution in [0.25, 0.3) is 0 Å². The van der Waals surface area contributed by atoms with Crippen molar-refractivity contribution >= 4 is 11.9 Å². The van der Waals surface area contributed by atoms with Crippen LogP contribution in [0.15, 0.2) is 0 Å². The smallest absolute Gasteiger partial charge is 0.310 e. The number of rotatable bonds is 4. The van der Waals surface area contributed by atoms with Crippen LogP contribution < -0.4 is 0 Å². The largest absolute Gasteiger partial charge is 0.462 e. The van der Waals surface area contributed by atoms with Gasteiger partial charge in [0.1, 0.15) is 12.7 Å². The van der Waals surface area contributed by atoms with Crippen molar-refractivity contribution in [3.63, 3.8) is 0 Å². The second kappa shape index (κ2) is 4.09. The molecule has 12 heavy (non-hydrogen) atoms. The van der Waals surface area contributed by atoms with E-state index in [0.29, 0.717) is 12.8 Å². The van der Waals surface area contributed by atoms with Gasteiger partial charge < -0.3 is 9.47 Å². The van der Waals surface area contributed by atoms with E-state index in [9.17, 15) is 9.59 Å². The van der Waals surface area contributed by atoms with Crippen LogP contribution in [-0.2, 0) is 19.1 Å². The number of carbonyl (C=O) groups is 2. The standard InChI is InChI=1S/C8H12O4/c1-2-3-7(9)11-5-6-4-8(10)12-6/h6H,2-5H2,1H3/t6-/m1/s1. The summed E-state index contributed by atoms with van der Waals surface area (Å²) in [6.45, 7) is 2.12. The number of hydrogen-bond donors (Lipinski definition) is 0. The zero-order valence-corrected chi connectivity index (χ0v) is 7.04. The van der Waals surface area contributed by atoms with Gasteiger partial charge in [0.25, 0.3) is 0 Å². The van der Waals surface area contributed by atoms with Crippen LogP contribution in [0.1, 0.15) is 26.2 Å². The molecular weight excluding hydrogens is 160 g/mol. The van der Waals surface area contributed by atoms with E-state index in [2.05, 4.69) is 4.74 Å². The lowest BCUT2D eigenvalue weighted by Crippen LogP contribution is -2.37. The van der Waals surface area contributed by atoms with Crippen LogP contribution in [0.5, 0.6) is 0 Å². The topological polar surface area (TPSA) is 52.6 Å². The third-order valence-electron chi connectivity index (χ3n) is 1.58. The molecule has 0 aromatic heterocycles. The van der Waals surface area contributed by atoms with E-state index in [4.69, 9.17) is 4.74 Å². The zero-order valence-electron chi connectivity index (χ0n) is 7.04. The molecule has 0 bridgehead atoms. The van der Waals surface area contributed by atoms with Gasteiger partial charge in [-0.05, 0) is 6.42 Å². The Morgan fingerprint density at radius 1 is 1.75 bits per heavy atom. The van der Waals surface area contributed by atoms with Gasteiger partial charge in [-0.1, -0.05) is 6.92 Å². The lowest BCUT2D eigenvalue weighted by molar-refractivity contribution is -0.178. The predicted octanol–water partition coefficient (Wildman–Crippen LogP) is 0.645. The lowest BCUT2D eigenvalue weighted by Gasteiger charge is -2.24. The van der Waals surface area contributed by atoms with E-state index in [1.54, 1.807) is 0 Å². The Labute approximate surface area is 70.8 Å². The highest BCUT2D eigenvalue weighted by Gasteiger charge is 2.29. The molecule has 4 heteroatoms. The molecule has 1 fully saturated rings. The summed E-state index contributed by atoms with van der Waals surface area (Å²) >= 11 is 0. The van der Waals surface area contributed by atoms with Crippen molar-refractivity contribution in [2.45, 2.75) is 32.3 Å². The molecule has 1 rings (SSSR count). The molecule has 0 aliphatic carbocycles. The number of cyclic esters (lactones) is 1. The summed E-state index contributed by atoms with van der Waals surface area (Å²) in [4.78, 5) is 21.1. The molecule has 0 amide bonds. The average molecular weight is 172 g/mol. The average Bonchev–Trinajstić information content (AvgIpc) is 1.96. The van der Waals surface area contributed by atoms with Gasteiger partial charge in [-0.2, -0.15) is 0 Å². The predicted molar refractivity (Wildman–Crippen MR) is 40.4 cm³/mol. The van der Waals surface area contributed by atoms with Crippen molar-refractivity contribution in [1.29, 1.82) is 0 Å². The molecule has 0 unspecified atom stereocenters. The summed E-state index contributed by atoms with van der Waals surface area (Å²) in [6, 6.07) is 0. The highest BCUT2D eigenvalue weighted by molar-refractivity contribution is 5.75. The SMILES string of the molecule is CCCC(=O)OC[C@H]1CC(=O)O1. The monoisotopic (exact) mass is 172 g/mol. The molecule has 1 heterocycles. The zero-order chi connectivity index (χ0) is 8.97. The Balaban J connectivity index is 2.02. The van der Waals surface area contributed by atoms with Crippen LogP contribution >= 0.6 is 0 Å². The van der Waals surface area contributed by atoms with Crippen molar-refractivity contribution in [2.75, 3.05) is 6.61 Å². The molecule has 1 aliphatic heterocycles. The summed E-state index contributed by atoms with van der Waals surface area (Å²) in [5.74, 6) is -0.438. The Morgan fingerprint density at radius 3 is 2.92 bits per heavy atom. The number of hydrogen-bond acceptors (Lipinski definition) is 4. The molecule has 1 saturated heterocycles. The molecule has 0 spiro atoms. The second-order valence-corrected chi connectivity index (χ2v) is 2.75. The molecule has 0 N–H and O–H groups in total. The maximum atomic E-state index is 10.8. The summed E-state index contributed by atoms with van der Waals surface area (Å²) in [7, 11) is 0. The van der Waals surface area contributed by atoms with Gasteiger partial charge in [0.2, 0.25) is 0 Å². The van der Waals surface area contributed by atoms with Crippen LogP contribution in [-0.4, -0.2) is 24.6 Å². The van der Waals surface area contributed by atoms with E-state index < -0.39 is 0 Å². The third-order valence-corrected chi connectivity index (χ3v) is 1.58.